The van der Waals surface area contributed by atoms with Gasteiger partial charge < -0.3 is 20.2 Å². The number of carbonyl (C=O) groups excluding carboxylic acids is 1. The molecule has 0 spiro atoms. The lowest BCUT2D eigenvalue weighted by Gasteiger charge is -2.38. The molecule has 170 valence electrons. The van der Waals surface area contributed by atoms with Gasteiger partial charge in [0.2, 0.25) is 0 Å². The molecule has 1 aliphatic heterocycles. The number of hydrogen-bond donors (Lipinski definition) is 2. The summed E-state index contributed by atoms with van der Waals surface area (Å²) in [5.41, 5.74) is 6.62. The van der Waals surface area contributed by atoms with Gasteiger partial charge in [0.1, 0.15) is 0 Å². The average Bonchev–Trinajstić information content (AvgIpc) is 2.81. The molecular formula is C27H29N3O3. The van der Waals surface area contributed by atoms with Crippen LogP contribution >= 0.6 is 0 Å². The fourth-order valence-electron chi connectivity index (χ4n) is 4.20. The van der Waals surface area contributed by atoms with Crippen molar-refractivity contribution in [3.63, 3.8) is 0 Å². The van der Waals surface area contributed by atoms with Crippen LogP contribution in [-0.2, 0) is 0 Å². The molecule has 2 N–H and O–H groups in total. The van der Waals surface area contributed by atoms with E-state index in [2.05, 4.69) is 47.2 Å². The Balaban J connectivity index is 1.49. The van der Waals surface area contributed by atoms with E-state index in [1.807, 2.05) is 25.1 Å². The summed E-state index contributed by atoms with van der Waals surface area (Å²) in [5, 5.41) is 12.5. The van der Waals surface area contributed by atoms with Crippen LogP contribution in [0.2, 0.25) is 0 Å². The van der Waals surface area contributed by atoms with Crippen LogP contribution in [0.25, 0.3) is 0 Å². The number of hydrogen-bond acceptors (Lipinski definition) is 4. The monoisotopic (exact) mass is 443 g/mol. The summed E-state index contributed by atoms with van der Waals surface area (Å²) in [7, 11) is 0. The molecule has 1 heterocycles. The number of carboxylic acid groups (broad SMARTS) is 1. The number of aryl methyl sites for hydroxylation is 2. The van der Waals surface area contributed by atoms with Crippen LogP contribution in [0.1, 0.15) is 37.4 Å². The summed E-state index contributed by atoms with van der Waals surface area (Å²) < 4.78 is 0. The fourth-order valence-corrected chi connectivity index (χ4v) is 4.20. The van der Waals surface area contributed by atoms with E-state index in [-0.39, 0.29) is 11.5 Å². The predicted octanol–water partition coefficient (Wildman–Crippen LogP) is 4.89. The Morgan fingerprint density at radius 3 is 2.18 bits per heavy atom. The zero-order chi connectivity index (χ0) is 23.5. The molecule has 0 aliphatic carbocycles. The van der Waals surface area contributed by atoms with Crippen molar-refractivity contribution in [2.75, 3.05) is 41.3 Å². The molecule has 0 atom stereocenters. The molecule has 0 unspecified atom stereocenters. The molecule has 0 radical (unpaired) electrons. The first kappa shape index (κ1) is 22.4. The van der Waals surface area contributed by atoms with Crippen molar-refractivity contribution in [2.45, 2.75) is 20.8 Å². The Morgan fingerprint density at radius 2 is 1.52 bits per heavy atom. The molecule has 1 amide bonds. The molecule has 3 aromatic carbocycles. The summed E-state index contributed by atoms with van der Waals surface area (Å²) in [5.74, 6) is -1.39. The van der Waals surface area contributed by atoms with E-state index in [1.165, 1.54) is 16.8 Å². The highest BCUT2D eigenvalue weighted by Gasteiger charge is 2.21. The highest BCUT2D eigenvalue weighted by molar-refractivity contribution is 6.08. The Labute approximate surface area is 194 Å². The first-order chi connectivity index (χ1) is 15.8. The second kappa shape index (κ2) is 9.36. The third-order valence-corrected chi connectivity index (χ3v) is 6.36. The van der Waals surface area contributed by atoms with Crippen LogP contribution in [0.3, 0.4) is 0 Å². The lowest BCUT2D eigenvalue weighted by molar-refractivity contribution is 0.0698. The standard InChI is InChI=1S/C27H29N3O3/c1-18-7-9-21(10-8-18)26(31)28-24-12-11-22(17-23(24)27(32)33)29-13-15-30(16-14-29)25-6-4-5-19(2)20(25)3/h4-12,17H,13-16H2,1-3H3,(H,28,31)(H,32,33). The largest absolute Gasteiger partial charge is 0.478 e. The molecule has 6 heteroatoms. The average molecular weight is 444 g/mol. The Kier molecular flexibility index (Phi) is 6.36. The van der Waals surface area contributed by atoms with Crippen LogP contribution < -0.4 is 15.1 Å². The van der Waals surface area contributed by atoms with Crippen LogP contribution in [-0.4, -0.2) is 43.2 Å². The molecule has 0 aromatic heterocycles. The van der Waals surface area contributed by atoms with Gasteiger partial charge in [0.05, 0.1) is 11.3 Å². The molecule has 33 heavy (non-hydrogen) atoms. The number of carboxylic acids is 1. The predicted molar refractivity (Wildman–Crippen MR) is 133 cm³/mol. The van der Waals surface area contributed by atoms with Crippen molar-refractivity contribution in [3.05, 3.63) is 88.5 Å². The normalized spacial score (nSPS) is 13.7. The van der Waals surface area contributed by atoms with Gasteiger partial charge in [-0.1, -0.05) is 29.8 Å². The first-order valence-corrected chi connectivity index (χ1v) is 11.1. The molecule has 1 saturated heterocycles. The van der Waals surface area contributed by atoms with Crippen molar-refractivity contribution in [1.82, 2.24) is 0 Å². The summed E-state index contributed by atoms with van der Waals surface area (Å²) in [6, 6.07) is 18.8. The van der Waals surface area contributed by atoms with Crippen molar-refractivity contribution in [2.24, 2.45) is 0 Å². The van der Waals surface area contributed by atoms with E-state index in [1.54, 1.807) is 24.3 Å². The maximum atomic E-state index is 12.6. The highest BCUT2D eigenvalue weighted by Crippen LogP contribution is 2.28. The number of piperazine rings is 1. The first-order valence-electron chi connectivity index (χ1n) is 11.1. The molecule has 1 aliphatic rings. The van der Waals surface area contributed by atoms with Crippen molar-refractivity contribution < 1.29 is 14.7 Å². The van der Waals surface area contributed by atoms with Gasteiger partial charge >= 0.3 is 5.97 Å². The molecular weight excluding hydrogens is 414 g/mol. The van der Waals surface area contributed by atoms with E-state index in [4.69, 9.17) is 0 Å². The molecule has 6 nitrogen and oxygen atoms in total. The number of amides is 1. The van der Waals surface area contributed by atoms with E-state index in [0.29, 0.717) is 11.3 Å². The lowest BCUT2D eigenvalue weighted by Crippen LogP contribution is -2.46. The molecule has 3 aromatic rings. The number of anilines is 3. The van der Waals surface area contributed by atoms with Crippen molar-refractivity contribution in [3.8, 4) is 0 Å². The zero-order valence-corrected chi connectivity index (χ0v) is 19.3. The van der Waals surface area contributed by atoms with Gasteiger partial charge in [-0.25, -0.2) is 4.79 Å². The summed E-state index contributed by atoms with van der Waals surface area (Å²) in [6.45, 7) is 9.53. The Hall–Kier alpha value is -3.80. The van der Waals surface area contributed by atoms with Crippen LogP contribution in [0, 0.1) is 20.8 Å². The maximum absolute atomic E-state index is 12.6. The van der Waals surface area contributed by atoms with E-state index in [9.17, 15) is 14.7 Å². The molecule has 0 saturated carbocycles. The van der Waals surface area contributed by atoms with Gasteiger partial charge in [-0.3, -0.25) is 4.79 Å². The number of benzene rings is 3. The van der Waals surface area contributed by atoms with Crippen molar-refractivity contribution >= 4 is 28.9 Å². The Morgan fingerprint density at radius 1 is 0.848 bits per heavy atom. The zero-order valence-electron chi connectivity index (χ0n) is 19.3. The van der Waals surface area contributed by atoms with Gasteiger partial charge in [0.15, 0.2) is 0 Å². The van der Waals surface area contributed by atoms with Gasteiger partial charge in [-0.05, 0) is 68.3 Å². The van der Waals surface area contributed by atoms with Gasteiger partial charge in [0.25, 0.3) is 5.91 Å². The lowest BCUT2D eigenvalue weighted by atomic mass is 10.1. The minimum atomic E-state index is -1.06. The summed E-state index contributed by atoms with van der Waals surface area (Å²) >= 11 is 0. The van der Waals surface area contributed by atoms with E-state index in [0.717, 1.165) is 37.4 Å². The topological polar surface area (TPSA) is 72.9 Å². The second-order valence-corrected chi connectivity index (χ2v) is 8.55. The van der Waals surface area contributed by atoms with Crippen LogP contribution in [0.5, 0.6) is 0 Å². The number of nitrogens with one attached hydrogen (secondary N) is 1. The minimum absolute atomic E-state index is 0.0879. The third kappa shape index (κ3) is 4.85. The second-order valence-electron chi connectivity index (χ2n) is 8.55. The fraction of sp³-hybridized carbons (Fsp3) is 0.259. The van der Waals surface area contributed by atoms with Crippen molar-refractivity contribution in [1.29, 1.82) is 0 Å². The maximum Gasteiger partial charge on any atom is 0.337 e. The van der Waals surface area contributed by atoms with E-state index < -0.39 is 5.97 Å². The summed E-state index contributed by atoms with van der Waals surface area (Å²) in [6.07, 6.45) is 0. The number of nitrogens with zero attached hydrogens (tertiary/aromatic N) is 2. The molecule has 4 rings (SSSR count). The third-order valence-electron chi connectivity index (χ3n) is 6.36. The number of rotatable bonds is 5. The molecule has 0 bridgehead atoms. The summed E-state index contributed by atoms with van der Waals surface area (Å²) in [4.78, 5) is 29.1. The smallest absolute Gasteiger partial charge is 0.337 e. The van der Waals surface area contributed by atoms with Crippen LogP contribution in [0.15, 0.2) is 60.7 Å². The quantitative estimate of drug-likeness (QED) is 0.587. The number of carbonyl (C=O) groups is 2. The SMILES string of the molecule is Cc1ccc(C(=O)Nc2ccc(N3CCN(c4cccc(C)c4C)CC3)cc2C(=O)O)cc1. The van der Waals surface area contributed by atoms with Gasteiger partial charge in [-0.15, -0.1) is 0 Å². The highest BCUT2D eigenvalue weighted by atomic mass is 16.4. The Bertz CT molecular complexity index is 1180. The molecule has 1 fully saturated rings. The number of aromatic carboxylic acids is 1. The minimum Gasteiger partial charge on any atom is -0.478 e. The van der Waals surface area contributed by atoms with E-state index >= 15 is 0 Å². The van der Waals surface area contributed by atoms with Gasteiger partial charge in [0, 0.05) is 43.1 Å². The van der Waals surface area contributed by atoms with Gasteiger partial charge in [-0.2, -0.15) is 0 Å². The van der Waals surface area contributed by atoms with Crippen LogP contribution in [0.4, 0.5) is 17.1 Å².